The standard InChI is InChI=1S/C58H39NO2/c1-57(2)46-21-10-6-17-40(46)44-32-31-39(33-50(44)57)59(38-29-27-37(28-30-38)36-15-4-3-5-16-36)52-25-14-26-53-56(52)61-55-35-51-45(34-54(55)60-53)43-20-9-13-24-49(43)58(51)47-22-11-7-18-41(47)42-19-8-12-23-48(42)58/h3-35H,1-2H3. The Balaban J connectivity index is 0.988. The van der Waals surface area contributed by atoms with Crippen LogP contribution in [0.15, 0.2) is 200 Å². The van der Waals surface area contributed by atoms with Crippen molar-refractivity contribution in [3.8, 4) is 67.5 Å². The quantitative estimate of drug-likeness (QED) is 0.177. The summed E-state index contributed by atoms with van der Waals surface area (Å²) in [7, 11) is 0. The van der Waals surface area contributed by atoms with E-state index in [0.29, 0.717) is 23.0 Å². The van der Waals surface area contributed by atoms with E-state index in [-0.39, 0.29) is 5.41 Å². The van der Waals surface area contributed by atoms with Crippen molar-refractivity contribution in [2.24, 2.45) is 0 Å². The minimum Gasteiger partial charge on any atom is -0.449 e. The van der Waals surface area contributed by atoms with Crippen LogP contribution in [0.1, 0.15) is 47.2 Å². The molecule has 9 aromatic rings. The Kier molecular flexibility index (Phi) is 6.99. The Morgan fingerprint density at radius 3 is 1.54 bits per heavy atom. The normalized spacial score (nSPS) is 14.6. The average molecular weight is 782 g/mol. The number of rotatable bonds is 4. The fourth-order valence-electron chi connectivity index (χ4n) is 11.0. The van der Waals surface area contributed by atoms with Crippen molar-refractivity contribution < 1.29 is 9.47 Å². The molecule has 0 bridgehead atoms. The summed E-state index contributed by atoms with van der Waals surface area (Å²) in [6, 6.07) is 72.6. The van der Waals surface area contributed by atoms with Crippen molar-refractivity contribution in [2.75, 3.05) is 4.90 Å². The molecule has 0 aromatic heterocycles. The largest absolute Gasteiger partial charge is 0.449 e. The molecule has 13 rings (SSSR count). The Labute approximate surface area is 355 Å². The van der Waals surface area contributed by atoms with E-state index < -0.39 is 5.41 Å². The van der Waals surface area contributed by atoms with Gasteiger partial charge in [0.25, 0.3) is 0 Å². The van der Waals surface area contributed by atoms with Crippen LogP contribution in [0.3, 0.4) is 0 Å². The second-order valence-corrected chi connectivity index (χ2v) is 17.2. The third kappa shape index (κ3) is 4.63. The first-order chi connectivity index (χ1) is 30.0. The SMILES string of the molecule is CC1(C)c2ccccc2-c2ccc(N(c3ccc(-c4ccccc4)cc3)c3cccc4c3Oc3cc5c(cc3O4)-c3ccccc3C53c4ccccc4-c4ccccc43)cc21. The number of anilines is 3. The number of hydrogen-bond acceptors (Lipinski definition) is 3. The lowest BCUT2D eigenvalue weighted by Crippen LogP contribution is -2.26. The van der Waals surface area contributed by atoms with Gasteiger partial charge in [-0.3, -0.25) is 0 Å². The maximum atomic E-state index is 7.25. The zero-order valence-corrected chi connectivity index (χ0v) is 33.8. The first kappa shape index (κ1) is 34.3. The van der Waals surface area contributed by atoms with E-state index in [1.807, 2.05) is 6.07 Å². The second-order valence-electron chi connectivity index (χ2n) is 17.2. The summed E-state index contributed by atoms with van der Waals surface area (Å²) in [5, 5.41) is 0. The maximum Gasteiger partial charge on any atom is 0.194 e. The number of ether oxygens (including phenoxy) is 2. The minimum atomic E-state index is -0.487. The van der Waals surface area contributed by atoms with E-state index in [9.17, 15) is 0 Å². The predicted molar refractivity (Wildman–Crippen MR) is 247 cm³/mol. The first-order valence-electron chi connectivity index (χ1n) is 21.2. The topological polar surface area (TPSA) is 21.7 Å². The lowest BCUT2D eigenvalue weighted by atomic mass is 9.70. The van der Waals surface area contributed by atoms with Gasteiger partial charge in [-0.2, -0.15) is 0 Å². The Morgan fingerprint density at radius 2 is 0.869 bits per heavy atom. The third-order valence-corrected chi connectivity index (χ3v) is 13.8. The molecule has 0 radical (unpaired) electrons. The van der Waals surface area contributed by atoms with E-state index in [1.54, 1.807) is 0 Å². The molecule has 0 saturated carbocycles. The van der Waals surface area contributed by atoms with Crippen molar-refractivity contribution in [2.45, 2.75) is 24.7 Å². The van der Waals surface area contributed by atoms with Gasteiger partial charge in [0, 0.05) is 16.8 Å². The molecule has 0 atom stereocenters. The molecule has 1 aliphatic heterocycles. The van der Waals surface area contributed by atoms with Crippen LogP contribution in [0.25, 0.3) is 44.5 Å². The van der Waals surface area contributed by atoms with Crippen molar-refractivity contribution in [3.63, 3.8) is 0 Å². The summed E-state index contributed by atoms with van der Waals surface area (Å²) >= 11 is 0. The predicted octanol–water partition coefficient (Wildman–Crippen LogP) is 15.4. The minimum absolute atomic E-state index is 0.162. The zero-order chi connectivity index (χ0) is 40.5. The lowest BCUT2D eigenvalue weighted by molar-refractivity contribution is 0.360. The monoisotopic (exact) mass is 781 g/mol. The van der Waals surface area contributed by atoms with Gasteiger partial charge in [0.15, 0.2) is 23.0 Å². The number of fused-ring (bicyclic) bond motifs is 15. The zero-order valence-electron chi connectivity index (χ0n) is 33.8. The van der Waals surface area contributed by atoms with Crippen LogP contribution in [-0.4, -0.2) is 0 Å². The average Bonchev–Trinajstić information content (AvgIpc) is 3.86. The molecule has 0 unspecified atom stereocenters. The van der Waals surface area contributed by atoms with E-state index in [0.717, 1.165) is 22.6 Å². The van der Waals surface area contributed by atoms with Gasteiger partial charge < -0.3 is 14.4 Å². The van der Waals surface area contributed by atoms with Crippen molar-refractivity contribution in [3.05, 3.63) is 234 Å². The molecule has 3 nitrogen and oxygen atoms in total. The van der Waals surface area contributed by atoms with Gasteiger partial charge in [-0.25, -0.2) is 0 Å². The van der Waals surface area contributed by atoms with Crippen LogP contribution in [-0.2, 0) is 10.8 Å². The van der Waals surface area contributed by atoms with Gasteiger partial charge in [-0.1, -0.05) is 166 Å². The fourth-order valence-corrected chi connectivity index (χ4v) is 11.0. The van der Waals surface area contributed by atoms with E-state index in [4.69, 9.17) is 9.47 Å². The van der Waals surface area contributed by atoms with Crippen LogP contribution in [0.4, 0.5) is 17.1 Å². The van der Waals surface area contributed by atoms with Crippen LogP contribution < -0.4 is 14.4 Å². The summed E-state index contributed by atoms with van der Waals surface area (Å²) in [6.45, 7) is 4.67. The third-order valence-electron chi connectivity index (χ3n) is 13.8. The fraction of sp³-hybridized carbons (Fsp3) is 0.0690. The molecule has 1 heterocycles. The molecule has 4 aliphatic rings. The highest BCUT2D eigenvalue weighted by Gasteiger charge is 2.52. The molecule has 3 aliphatic carbocycles. The molecule has 61 heavy (non-hydrogen) atoms. The van der Waals surface area contributed by atoms with Crippen LogP contribution in [0.5, 0.6) is 23.0 Å². The first-order valence-corrected chi connectivity index (χ1v) is 21.2. The second kappa shape index (κ2) is 12.5. The Bertz CT molecular complexity index is 3240. The van der Waals surface area contributed by atoms with Crippen molar-refractivity contribution in [1.82, 2.24) is 0 Å². The van der Waals surface area contributed by atoms with E-state index >= 15 is 0 Å². The van der Waals surface area contributed by atoms with Gasteiger partial charge in [0.2, 0.25) is 0 Å². The summed E-state index contributed by atoms with van der Waals surface area (Å²) in [4.78, 5) is 2.33. The summed E-state index contributed by atoms with van der Waals surface area (Å²) < 4.78 is 14.2. The highest BCUT2D eigenvalue weighted by Crippen LogP contribution is 2.65. The molecule has 0 fully saturated rings. The van der Waals surface area contributed by atoms with Crippen LogP contribution >= 0.6 is 0 Å². The molecular weight excluding hydrogens is 743 g/mol. The van der Waals surface area contributed by atoms with Gasteiger partial charge in [0.1, 0.15) is 0 Å². The summed E-state index contributed by atoms with van der Waals surface area (Å²) in [5.74, 6) is 2.78. The van der Waals surface area contributed by atoms with E-state index in [1.165, 1.54) is 72.3 Å². The lowest BCUT2D eigenvalue weighted by Gasteiger charge is -2.33. The molecular formula is C58H39NO2. The van der Waals surface area contributed by atoms with Gasteiger partial charge in [-0.15, -0.1) is 0 Å². The highest BCUT2D eigenvalue weighted by molar-refractivity contribution is 5.96. The van der Waals surface area contributed by atoms with Crippen LogP contribution in [0.2, 0.25) is 0 Å². The summed E-state index contributed by atoms with van der Waals surface area (Å²) in [6.07, 6.45) is 0. The van der Waals surface area contributed by atoms with E-state index in [2.05, 4.69) is 213 Å². The number of benzene rings is 9. The van der Waals surface area contributed by atoms with Crippen molar-refractivity contribution in [1.29, 1.82) is 0 Å². The maximum absolute atomic E-state index is 7.25. The number of nitrogens with zero attached hydrogens (tertiary/aromatic N) is 1. The Morgan fingerprint density at radius 1 is 0.344 bits per heavy atom. The van der Waals surface area contributed by atoms with Gasteiger partial charge in [0.05, 0.1) is 11.1 Å². The molecule has 1 spiro atoms. The molecule has 288 valence electrons. The van der Waals surface area contributed by atoms with Gasteiger partial charge in [-0.05, 0) is 126 Å². The number of para-hydroxylation sites is 1. The molecule has 9 aromatic carbocycles. The molecule has 0 N–H and O–H groups in total. The van der Waals surface area contributed by atoms with Crippen molar-refractivity contribution >= 4 is 17.1 Å². The smallest absolute Gasteiger partial charge is 0.194 e. The Hall–Kier alpha value is -7.62. The number of hydrogen-bond donors (Lipinski definition) is 0. The molecule has 0 saturated heterocycles. The molecule has 3 heteroatoms. The summed E-state index contributed by atoms with van der Waals surface area (Å²) in [5.41, 5.74) is 20.0. The highest BCUT2D eigenvalue weighted by atomic mass is 16.6. The van der Waals surface area contributed by atoms with Gasteiger partial charge >= 0.3 is 0 Å². The molecule has 0 amide bonds. The van der Waals surface area contributed by atoms with Crippen LogP contribution in [0, 0.1) is 0 Å².